The zero-order valence-corrected chi connectivity index (χ0v) is 38.8. The van der Waals surface area contributed by atoms with Crippen molar-refractivity contribution in [3.05, 3.63) is 30.9 Å². The number of carbonyl (C=O) groups is 7. The van der Waals surface area contributed by atoms with Crippen LogP contribution in [0.4, 0.5) is 0 Å². The van der Waals surface area contributed by atoms with Gasteiger partial charge in [-0.3, -0.25) is 42.6 Å². The Balaban J connectivity index is 2.17. The van der Waals surface area contributed by atoms with E-state index < -0.39 is 98.3 Å². The summed E-state index contributed by atoms with van der Waals surface area (Å²) in [7, 11) is -3.76. The van der Waals surface area contributed by atoms with Crippen LogP contribution in [0.3, 0.4) is 0 Å². The lowest BCUT2D eigenvalue weighted by molar-refractivity contribution is -0.140. The molecular formula is C38H65N10O15PS. The van der Waals surface area contributed by atoms with Gasteiger partial charge in [0, 0.05) is 50.7 Å². The number of likely N-dealkylation sites (tertiary alicyclic amines) is 1. The third-order valence-electron chi connectivity index (χ3n) is 9.62. The third kappa shape index (κ3) is 20.3. The highest BCUT2D eigenvalue weighted by Gasteiger charge is 2.42. The Kier molecular flexibility index (Phi) is 25.4. The highest BCUT2D eigenvalue weighted by molar-refractivity contribution is 7.80. The molecule has 368 valence electrons. The fourth-order valence-corrected chi connectivity index (χ4v) is 7.05. The molecule has 0 spiro atoms. The third-order valence-corrected chi connectivity index (χ3v) is 11.1. The number of primary amides is 1. The van der Waals surface area contributed by atoms with Crippen molar-refractivity contribution >= 4 is 61.8 Å². The number of amides is 7. The summed E-state index contributed by atoms with van der Waals surface area (Å²) in [6, 6.07) is -7.89. The number of aliphatic hydroxyl groups is 1. The molecule has 7 amide bonds. The number of aromatic nitrogens is 2. The first-order valence-corrected chi connectivity index (χ1v) is 22.9. The molecule has 1 aliphatic rings. The summed E-state index contributed by atoms with van der Waals surface area (Å²) in [6.07, 6.45) is 2.12. The molecule has 65 heavy (non-hydrogen) atoms. The number of carbonyl (C=O) groups excluding carboxylic acids is 7. The highest BCUT2D eigenvalue weighted by Crippen LogP contribution is 2.43. The first kappa shape index (κ1) is 56.6. The number of aliphatic hydroxyl groups excluding tert-OH is 1. The number of H-pyrrole nitrogens is 1. The summed E-state index contributed by atoms with van der Waals surface area (Å²) >= 11 is 3.98. The summed E-state index contributed by atoms with van der Waals surface area (Å²) in [4.78, 5) is 110. The number of nitrogens with two attached hydrogens (primary N) is 2. The van der Waals surface area contributed by atoms with Crippen LogP contribution in [0.1, 0.15) is 45.7 Å². The van der Waals surface area contributed by atoms with Gasteiger partial charge in [0.25, 0.3) is 0 Å². The van der Waals surface area contributed by atoms with Crippen molar-refractivity contribution in [2.45, 2.75) is 94.9 Å². The van der Waals surface area contributed by atoms with E-state index in [-0.39, 0.29) is 89.4 Å². The SMILES string of the molecule is C=CCO[C@H]1C[C@@H](C(=O)N[C@@H](CC(C)C)C(=O)N[C@@H](Cc2cnc[nH]2)C(=O)N[C@@H](CO)C(=O)N[C@H](C(N)=O)[C@@H](C)OP(=O)(O)OC)N(C(=O)CCOCCOCCNC(=O)[C@@H](N)CS)C1. The largest absolute Gasteiger partial charge is 0.472 e. The fraction of sp³-hybridized carbons (Fsp3) is 0.684. The molecule has 0 bridgehead atoms. The van der Waals surface area contributed by atoms with Crippen molar-refractivity contribution in [3.8, 4) is 0 Å². The Hall–Kier alpha value is -4.50. The molecule has 1 fully saturated rings. The number of hydrogen-bond acceptors (Lipinski definition) is 17. The van der Waals surface area contributed by atoms with Crippen LogP contribution in [-0.2, 0) is 67.8 Å². The minimum Gasteiger partial charge on any atom is -0.394 e. The number of nitrogens with one attached hydrogen (secondary N) is 6. The fourth-order valence-electron chi connectivity index (χ4n) is 6.25. The van der Waals surface area contributed by atoms with Gasteiger partial charge in [-0.1, -0.05) is 19.9 Å². The molecule has 9 atom stereocenters. The molecular weight excluding hydrogens is 900 g/mol. The zero-order valence-electron chi connectivity index (χ0n) is 37.0. The van der Waals surface area contributed by atoms with Crippen molar-refractivity contribution in [1.29, 1.82) is 0 Å². The number of phosphoric ester groups is 1. The molecule has 25 nitrogen and oxygen atoms in total. The van der Waals surface area contributed by atoms with Crippen molar-refractivity contribution in [2.75, 3.05) is 65.6 Å². The van der Waals surface area contributed by atoms with Crippen molar-refractivity contribution in [2.24, 2.45) is 17.4 Å². The standard InChI is InChI=1S/C38H65N10O15PS/c1-6-9-62-25-16-30(48(18-25)31(50)7-10-60-12-13-61-11-8-42-34(52)26(39)20-65)38(56)45-27(14-22(2)3)35(53)44-28(15-24-17-41-21-43-24)36(54)46-29(19-49)37(55)47-32(33(40)51)23(4)63-64(57,58)59-5/h6,17,21-23,25-30,32,49,65H,1,7-16,18-20,39H2,2-5H3,(H2,40,51)(H,41,43)(H,42,52)(H,44,53)(H,45,56)(H,46,54)(H,47,55)(H,57,58)/t23-,25+,26+,27+,28+,29+,30+,32+/m1/s1. The van der Waals surface area contributed by atoms with Crippen LogP contribution in [0.5, 0.6) is 0 Å². The molecule has 0 saturated carbocycles. The molecule has 1 saturated heterocycles. The number of phosphoric acid groups is 1. The summed E-state index contributed by atoms with van der Waals surface area (Å²) in [5.74, 6) is -5.46. The van der Waals surface area contributed by atoms with E-state index in [0.717, 1.165) is 14.0 Å². The van der Waals surface area contributed by atoms with E-state index in [2.05, 4.69) is 60.3 Å². The second-order valence-corrected chi connectivity index (χ2v) is 17.1. The number of hydrogen-bond donors (Lipinski definition) is 11. The lowest BCUT2D eigenvalue weighted by atomic mass is 10.0. The summed E-state index contributed by atoms with van der Waals surface area (Å²) in [6.45, 7) is 8.46. The van der Waals surface area contributed by atoms with E-state index in [0.29, 0.717) is 5.69 Å². The number of aromatic amines is 1. The normalized spacial score (nSPS) is 18.6. The number of ether oxygens (including phenoxy) is 3. The summed E-state index contributed by atoms with van der Waals surface area (Å²) < 4.78 is 37.9. The van der Waals surface area contributed by atoms with E-state index in [1.165, 1.54) is 23.5 Å². The monoisotopic (exact) mass is 964 g/mol. The molecule has 1 aromatic heterocycles. The molecule has 1 aliphatic heterocycles. The molecule has 0 aromatic carbocycles. The van der Waals surface area contributed by atoms with Gasteiger partial charge in [-0.2, -0.15) is 12.6 Å². The predicted octanol–water partition coefficient (Wildman–Crippen LogP) is -3.46. The van der Waals surface area contributed by atoms with Crippen LogP contribution in [0.2, 0.25) is 0 Å². The van der Waals surface area contributed by atoms with Gasteiger partial charge in [-0.05, 0) is 19.3 Å². The Morgan fingerprint density at radius 1 is 1.00 bits per heavy atom. The maximum Gasteiger partial charge on any atom is 0.472 e. The minimum atomic E-state index is -4.64. The second kappa shape index (κ2) is 29.2. The van der Waals surface area contributed by atoms with Gasteiger partial charge in [-0.25, -0.2) is 9.55 Å². The average molecular weight is 965 g/mol. The quantitative estimate of drug-likeness (QED) is 0.0145. The topological polar surface area (TPSA) is 367 Å². The van der Waals surface area contributed by atoms with Crippen LogP contribution in [0.25, 0.3) is 0 Å². The number of thiol groups is 1. The molecule has 2 rings (SSSR count). The second-order valence-electron chi connectivity index (χ2n) is 15.2. The van der Waals surface area contributed by atoms with Crippen LogP contribution in [0, 0.1) is 5.92 Å². The van der Waals surface area contributed by atoms with Gasteiger partial charge in [0.1, 0.15) is 30.2 Å². The summed E-state index contributed by atoms with van der Waals surface area (Å²) in [5.41, 5.74) is 11.4. The molecule has 0 radical (unpaired) electrons. The van der Waals surface area contributed by atoms with Gasteiger partial charge >= 0.3 is 7.82 Å². The van der Waals surface area contributed by atoms with Crippen LogP contribution < -0.4 is 38.1 Å². The zero-order chi connectivity index (χ0) is 48.7. The van der Waals surface area contributed by atoms with Gasteiger partial charge < -0.3 is 72.1 Å². The number of imidazole rings is 1. The lowest BCUT2D eigenvalue weighted by Gasteiger charge is -2.28. The van der Waals surface area contributed by atoms with Crippen LogP contribution >= 0.6 is 20.5 Å². The molecule has 27 heteroatoms. The minimum absolute atomic E-state index is 0.0102. The Bertz CT molecular complexity index is 1760. The first-order valence-electron chi connectivity index (χ1n) is 20.7. The van der Waals surface area contributed by atoms with Crippen LogP contribution in [0.15, 0.2) is 25.2 Å². The molecule has 12 N–H and O–H groups in total. The molecule has 0 aliphatic carbocycles. The lowest BCUT2D eigenvalue weighted by Crippen LogP contribution is -2.61. The summed E-state index contributed by atoms with van der Waals surface area (Å²) in [5, 5.41) is 22.5. The Morgan fingerprint density at radius 3 is 2.23 bits per heavy atom. The van der Waals surface area contributed by atoms with Crippen LogP contribution in [-0.4, -0.2) is 180 Å². The molecule has 1 unspecified atom stereocenters. The smallest absolute Gasteiger partial charge is 0.394 e. The maximum atomic E-state index is 14.0. The average Bonchev–Trinajstić information content (AvgIpc) is 3.95. The number of nitrogens with zero attached hydrogens (tertiary/aromatic N) is 2. The highest BCUT2D eigenvalue weighted by atomic mass is 32.1. The van der Waals surface area contributed by atoms with E-state index in [1.54, 1.807) is 13.8 Å². The maximum absolute atomic E-state index is 14.0. The van der Waals surface area contributed by atoms with Crippen molar-refractivity contribution < 1.29 is 71.4 Å². The van der Waals surface area contributed by atoms with E-state index in [1.807, 2.05) is 0 Å². The Morgan fingerprint density at radius 2 is 1.65 bits per heavy atom. The van der Waals surface area contributed by atoms with Gasteiger partial charge in [0.15, 0.2) is 0 Å². The van der Waals surface area contributed by atoms with E-state index >= 15 is 0 Å². The number of rotatable bonds is 32. The predicted molar refractivity (Wildman–Crippen MR) is 234 cm³/mol. The van der Waals surface area contributed by atoms with Crippen molar-refractivity contribution in [3.63, 3.8) is 0 Å². The Labute approximate surface area is 382 Å². The van der Waals surface area contributed by atoms with Gasteiger partial charge in [0.05, 0.1) is 70.6 Å². The van der Waals surface area contributed by atoms with Gasteiger partial charge in [-0.15, -0.1) is 6.58 Å². The first-order chi connectivity index (χ1) is 30.8. The molecule has 1 aromatic rings. The molecule has 2 heterocycles. The van der Waals surface area contributed by atoms with Crippen molar-refractivity contribution in [1.82, 2.24) is 41.5 Å². The van der Waals surface area contributed by atoms with E-state index in [4.69, 9.17) is 30.2 Å². The van der Waals surface area contributed by atoms with E-state index in [9.17, 15) is 48.1 Å². The van der Waals surface area contributed by atoms with Gasteiger partial charge in [0.2, 0.25) is 41.4 Å².